The Morgan fingerprint density at radius 1 is 1.25 bits per heavy atom. The standard InChI is InChI=1S/C22H31NO6S2Si/c1-21(2,3)20(29-32)22(4,5)15-17(25)23-16(19(26)27)14(30-18(15)23)11-31(28)13-8-6-12(10-24)7-9-13/h6-9,15,18,20,24H,10-11H2,1-5,32H3,(H,26,27)/t15-,18+,20?,31?/m0/s1. The molecule has 0 aliphatic carbocycles. The van der Waals surface area contributed by atoms with Crippen LogP contribution < -0.4 is 0 Å². The van der Waals surface area contributed by atoms with Crippen LogP contribution in [0.4, 0.5) is 0 Å². The monoisotopic (exact) mass is 497 g/mol. The van der Waals surface area contributed by atoms with Crippen molar-refractivity contribution in [1.82, 2.24) is 4.90 Å². The topological polar surface area (TPSA) is 104 Å². The number of aliphatic hydroxyl groups is 1. The molecule has 32 heavy (non-hydrogen) atoms. The average Bonchev–Trinajstić information content (AvgIpc) is 3.00. The van der Waals surface area contributed by atoms with E-state index in [1.807, 2.05) is 13.8 Å². The number of fused-ring (bicyclic) bond motifs is 1. The zero-order valence-electron chi connectivity index (χ0n) is 19.2. The Balaban J connectivity index is 1.86. The average molecular weight is 498 g/mol. The molecule has 0 bridgehead atoms. The molecule has 1 saturated heterocycles. The number of amides is 1. The van der Waals surface area contributed by atoms with E-state index >= 15 is 0 Å². The molecule has 4 atom stereocenters. The predicted molar refractivity (Wildman–Crippen MR) is 128 cm³/mol. The molecule has 2 heterocycles. The quantitative estimate of drug-likeness (QED) is 0.417. The van der Waals surface area contributed by atoms with Gasteiger partial charge in [-0.3, -0.25) is 13.9 Å². The smallest absolute Gasteiger partial charge is 0.353 e. The number of aliphatic carboxylic acids is 1. The summed E-state index contributed by atoms with van der Waals surface area (Å²) in [5.74, 6) is -1.77. The lowest BCUT2D eigenvalue weighted by atomic mass is 9.63. The molecule has 2 aliphatic heterocycles. The minimum Gasteiger partial charge on any atom is -0.477 e. The van der Waals surface area contributed by atoms with Crippen LogP contribution in [0.2, 0.25) is 0 Å². The summed E-state index contributed by atoms with van der Waals surface area (Å²) in [6.45, 7) is 10.2. The molecule has 1 amide bonds. The van der Waals surface area contributed by atoms with E-state index in [-0.39, 0.29) is 40.9 Å². The molecule has 0 radical (unpaired) electrons. The number of β-lactam (4-membered cyclic amide) rings is 1. The number of thioether (sulfide) groups is 1. The zero-order valence-corrected chi connectivity index (χ0v) is 22.9. The first-order valence-corrected chi connectivity index (χ1v) is 13.4. The van der Waals surface area contributed by atoms with Crippen molar-refractivity contribution in [2.75, 3.05) is 5.75 Å². The molecular weight excluding hydrogens is 466 g/mol. The van der Waals surface area contributed by atoms with Crippen LogP contribution in [0.25, 0.3) is 0 Å². The van der Waals surface area contributed by atoms with Crippen molar-refractivity contribution in [2.45, 2.75) is 57.6 Å². The Morgan fingerprint density at radius 3 is 2.31 bits per heavy atom. The van der Waals surface area contributed by atoms with Gasteiger partial charge < -0.3 is 14.6 Å². The third-order valence-electron chi connectivity index (χ3n) is 6.14. The Hall–Kier alpha value is -1.46. The van der Waals surface area contributed by atoms with E-state index in [0.29, 0.717) is 25.9 Å². The van der Waals surface area contributed by atoms with Gasteiger partial charge in [-0.05, 0) is 23.1 Å². The lowest BCUT2D eigenvalue weighted by molar-refractivity contribution is -0.165. The first kappa shape index (κ1) is 25.2. The van der Waals surface area contributed by atoms with Gasteiger partial charge >= 0.3 is 5.97 Å². The lowest BCUT2D eigenvalue weighted by Gasteiger charge is -2.54. The molecule has 10 heteroatoms. The van der Waals surface area contributed by atoms with Crippen molar-refractivity contribution in [3.63, 3.8) is 0 Å². The minimum atomic E-state index is -1.47. The van der Waals surface area contributed by atoms with Gasteiger partial charge in [-0.1, -0.05) is 46.8 Å². The maximum absolute atomic E-state index is 13.2. The highest BCUT2D eigenvalue weighted by Gasteiger charge is 2.63. The molecule has 176 valence electrons. The first-order valence-electron chi connectivity index (χ1n) is 10.4. The van der Waals surface area contributed by atoms with Gasteiger partial charge in [0.15, 0.2) is 0 Å². The van der Waals surface area contributed by atoms with Gasteiger partial charge in [-0.25, -0.2) is 4.79 Å². The number of carbonyl (C=O) groups excluding carboxylic acids is 1. The van der Waals surface area contributed by atoms with E-state index in [2.05, 4.69) is 20.8 Å². The summed E-state index contributed by atoms with van der Waals surface area (Å²) in [6, 6.07) is 6.73. The molecule has 0 saturated carbocycles. The number of hydrogen-bond donors (Lipinski definition) is 2. The summed E-state index contributed by atoms with van der Waals surface area (Å²) in [6.07, 6.45) is -0.158. The fourth-order valence-corrected chi connectivity index (χ4v) is 9.45. The lowest BCUT2D eigenvalue weighted by Crippen LogP contribution is -2.65. The molecule has 0 aromatic heterocycles. The predicted octanol–water partition coefficient (Wildman–Crippen LogP) is 1.85. The number of carboxylic acid groups (broad SMARTS) is 1. The van der Waals surface area contributed by atoms with Gasteiger partial charge in [0.05, 0.1) is 40.6 Å². The minimum absolute atomic E-state index is 0.0259. The Bertz CT molecular complexity index is 970. The molecule has 3 rings (SSSR count). The second kappa shape index (κ2) is 9.06. The number of rotatable bonds is 8. The Labute approximate surface area is 198 Å². The van der Waals surface area contributed by atoms with Crippen molar-refractivity contribution >= 4 is 44.9 Å². The van der Waals surface area contributed by atoms with Crippen molar-refractivity contribution < 1.29 is 28.4 Å². The molecule has 1 fully saturated rings. The molecule has 2 aliphatic rings. The van der Waals surface area contributed by atoms with Crippen molar-refractivity contribution in [3.05, 3.63) is 40.4 Å². The van der Waals surface area contributed by atoms with Gasteiger partial charge in [-0.15, -0.1) is 11.8 Å². The normalized spacial score (nSPS) is 23.2. The van der Waals surface area contributed by atoms with Gasteiger partial charge in [-0.2, -0.15) is 0 Å². The Morgan fingerprint density at radius 2 is 1.84 bits per heavy atom. The number of carboxylic acids is 1. The van der Waals surface area contributed by atoms with Crippen LogP contribution >= 0.6 is 11.8 Å². The molecule has 7 nitrogen and oxygen atoms in total. The number of carbonyl (C=O) groups is 2. The summed E-state index contributed by atoms with van der Waals surface area (Å²) in [4.78, 5) is 27.6. The van der Waals surface area contributed by atoms with Crippen LogP contribution in [0.3, 0.4) is 0 Å². The second-order valence-corrected chi connectivity index (χ2v) is 13.0. The first-order chi connectivity index (χ1) is 14.8. The van der Waals surface area contributed by atoms with Gasteiger partial charge in [0.2, 0.25) is 5.91 Å². The van der Waals surface area contributed by atoms with Crippen LogP contribution in [0, 0.1) is 16.7 Å². The summed E-state index contributed by atoms with van der Waals surface area (Å²) in [5.41, 5.74) is -0.0234. The molecule has 2 N–H and O–H groups in total. The second-order valence-electron chi connectivity index (χ2n) is 9.87. The third kappa shape index (κ3) is 4.35. The van der Waals surface area contributed by atoms with E-state index in [1.54, 1.807) is 24.3 Å². The summed E-state index contributed by atoms with van der Waals surface area (Å²) in [7, 11) is -0.937. The van der Waals surface area contributed by atoms with E-state index in [0.717, 1.165) is 0 Å². The van der Waals surface area contributed by atoms with Crippen molar-refractivity contribution in [2.24, 2.45) is 16.7 Å². The number of aliphatic hydroxyl groups excluding tert-OH is 1. The highest BCUT2D eigenvalue weighted by Crippen LogP contribution is 2.57. The number of benzene rings is 1. The summed E-state index contributed by atoms with van der Waals surface area (Å²) >= 11 is 1.33. The van der Waals surface area contributed by atoms with Crippen LogP contribution in [0.5, 0.6) is 0 Å². The molecule has 0 spiro atoms. The summed E-state index contributed by atoms with van der Waals surface area (Å²) in [5, 5.41) is 18.7. The van der Waals surface area contributed by atoms with E-state index in [9.17, 15) is 24.0 Å². The van der Waals surface area contributed by atoms with Gasteiger partial charge in [0, 0.05) is 15.2 Å². The van der Waals surface area contributed by atoms with E-state index in [1.165, 1.54) is 16.7 Å². The van der Waals surface area contributed by atoms with Gasteiger partial charge in [0.1, 0.15) is 16.2 Å². The van der Waals surface area contributed by atoms with E-state index in [4.69, 9.17) is 4.43 Å². The van der Waals surface area contributed by atoms with Crippen molar-refractivity contribution in [1.29, 1.82) is 0 Å². The fourth-order valence-electron chi connectivity index (χ4n) is 5.05. The van der Waals surface area contributed by atoms with Crippen LogP contribution in [0.1, 0.15) is 40.2 Å². The fraction of sp³-hybridized carbons (Fsp3) is 0.545. The molecular formula is C22H31NO6S2Si. The molecule has 2 unspecified atom stereocenters. The molecule has 1 aromatic rings. The number of nitrogens with zero attached hydrogens (tertiary/aromatic N) is 1. The van der Waals surface area contributed by atoms with Crippen molar-refractivity contribution in [3.8, 4) is 0 Å². The maximum atomic E-state index is 13.2. The van der Waals surface area contributed by atoms with E-state index < -0.39 is 28.1 Å². The molecule has 1 aromatic carbocycles. The van der Waals surface area contributed by atoms with Crippen LogP contribution in [-0.4, -0.2) is 58.9 Å². The number of hydrogen-bond acceptors (Lipinski definition) is 6. The maximum Gasteiger partial charge on any atom is 0.353 e. The van der Waals surface area contributed by atoms with Gasteiger partial charge in [0.25, 0.3) is 0 Å². The zero-order chi connectivity index (χ0) is 24.0. The third-order valence-corrected chi connectivity index (χ3v) is 9.49. The highest BCUT2D eigenvalue weighted by molar-refractivity contribution is 8.05. The SMILES string of the molecule is CC(C)(C)C(O[SiH3])C(C)(C)[C@H]1C(=O)N2C(C(=O)O)=C(CS(=O)c3ccc(CO)cc3)S[C@H]12. The van der Waals surface area contributed by atoms with Crippen LogP contribution in [0.15, 0.2) is 39.8 Å². The van der Waals surface area contributed by atoms with Crippen LogP contribution in [-0.2, 0) is 31.4 Å². The summed E-state index contributed by atoms with van der Waals surface area (Å²) < 4.78 is 18.9. The largest absolute Gasteiger partial charge is 0.477 e. The highest BCUT2D eigenvalue weighted by atomic mass is 32.2. The Kier molecular flexibility index (Phi) is 7.12.